The molecule has 6 unspecified atom stereocenters. The van der Waals surface area contributed by atoms with Gasteiger partial charge in [-0.25, -0.2) is 4.39 Å². The molecule has 0 radical (unpaired) electrons. The van der Waals surface area contributed by atoms with E-state index in [1.165, 1.54) is 12.1 Å². The van der Waals surface area contributed by atoms with Crippen LogP contribution in [-0.4, -0.2) is 17.1 Å². The molecule has 0 bridgehead atoms. The third kappa shape index (κ3) is 3.85. The zero-order chi connectivity index (χ0) is 20.5. The van der Waals surface area contributed by atoms with Gasteiger partial charge in [0.15, 0.2) is 0 Å². The van der Waals surface area contributed by atoms with Gasteiger partial charge in [-0.3, -0.25) is 9.78 Å². The Hall–Kier alpha value is -2.49. The predicted octanol–water partition coefficient (Wildman–Crippen LogP) is 5.76. The molecule has 29 heavy (non-hydrogen) atoms. The molecule has 1 saturated heterocycles. The van der Waals surface area contributed by atoms with Gasteiger partial charge in [0.2, 0.25) is 0 Å². The van der Waals surface area contributed by atoms with E-state index >= 15 is 0 Å². The summed E-state index contributed by atoms with van der Waals surface area (Å²) in [5.74, 6) is 1.32. The summed E-state index contributed by atoms with van der Waals surface area (Å²) in [5.41, 5.74) is 2.58. The van der Waals surface area contributed by atoms with Crippen LogP contribution in [0.2, 0.25) is 0 Å². The lowest BCUT2D eigenvalue weighted by Crippen LogP contribution is -2.40. The molecule has 152 valence electrons. The number of halogens is 1. The molecular weight excluding hydrogens is 365 g/mol. The third-order valence-corrected chi connectivity index (χ3v) is 6.81. The van der Waals surface area contributed by atoms with Crippen molar-refractivity contribution in [2.75, 3.05) is 0 Å². The second-order valence-electron chi connectivity index (χ2n) is 8.53. The fourth-order valence-electron chi connectivity index (χ4n) is 5.41. The molecule has 2 heterocycles. The monoisotopic (exact) mass is 393 g/mol. The summed E-state index contributed by atoms with van der Waals surface area (Å²) in [5, 5.41) is 0. The molecule has 1 aromatic heterocycles. The Morgan fingerprint density at radius 2 is 2.03 bits per heavy atom. The Morgan fingerprint density at radius 3 is 2.72 bits per heavy atom. The van der Waals surface area contributed by atoms with Crippen LogP contribution in [0.3, 0.4) is 0 Å². The first kappa shape index (κ1) is 19.8. The minimum atomic E-state index is -0.250. The second kappa shape index (κ2) is 8.10. The number of rotatable bonds is 4. The molecule has 2 fully saturated rings. The first-order valence-electron chi connectivity index (χ1n) is 10.6. The minimum absolute atomic E-state index is 0.0146. The van der Waals surface area contributed by atoms with E-state index in [9.17, 15) is 9.18 Å². The van der Waals surface area contributed by atoms with E-state index in [4.69, 9.17) is 4.74 Å². The van der Waals surface area contributed by atoms with Crippen LogP contribution in [0, 0.1) is 35.4 Å². The summed E-state index contributed by atoms with van der Waals surface area (Å²) in [6.45, 7) is 6.52. The molecule has 4 rings (SSSR count). The molecule has 1 aromatic carbocycles. The molecule has 0 spiro atoms. The van der Waals surface area contributed by atoms with E-state index in [-0.39, 0.29) is 29.7 Å². The van der Waals surface area contributed by atoms with Gasteiger partial charge in [0.25, 0.3) is 0 Å². The van der Waals surface area contributed by atoms with Crippen LogP contribution < -0.4 is 0 Å². The van der Waals surface area contributed by atoms with Crippen LogP contribution in [0.15, 0.2) is 48.7 Å². The van der Waals surface area contributed by atoms with Crippen molar-refractivity contribution >= 4 is 12.0 Å². The SMILES string of the molecule is CCC1C(C)CC2C(=O)OC(C)C2C1/C=C/c1ccc(-c2cccc(F)c2)cn1. The third-order valence-electron chi connectivity index (χ3n) is 6.81. The molecule has 1 saturated carbocycles. The zero-order valence-corrected chi connectivity index (χ0v) is 17.2. The van der Waals surface area contributed by atoms with Gasteiger partial charge in [-0.2, -0.15) is 0 Å². The van der Waals surface area contributed by atoms with Gasteiger partial charge in [-0.05, 0) is 60.9 Å². The Labute approximate surface area is 172 Å². The van der Waals surface area contributed by atoms with Gasteiger partial charge in [0.1, 0.15) is 11.9 Å². The number of benzene rings is 1. The molecule has 6 atom stereocenters. The largest absolute Gasteiger partial charge is 0.462 e. The maximum absolute atomic E-state index is 13.5. The van der Waals surface area contributed by atoms with Gasteiger partial charge < -0.3 is 4.74 Å². The summed E-state index contributed by atoms with van der Waals surface area (Å²) < 4.78 is 19.0. The lowest BCUT2D eigenvalue weighted by molar-refractivity contribution is -0.144. The number of nitrogens with zero attached hydrogens (tertiary/aromatic N) is 1. The lowest BCUT2D eigenvalue weighted by Gasteiger charge is -2.41. The van der Waals surface area contributed by atoms with Crippen molar-refractivity contribution in [1.29, 1.82) is 0 Å². The van der Waals surface area contributed by atoms with Crippen molar-refractivity contribution in [2.24, 2.45) is 29.6 Å². The number of esters is 1. The quantitative estimate of drug-likeness (QED) is 0.620. The van der Waals surface area contributed by atoms with Crippen molar-refractivity contribution < 1.29 is 13.9 Å². The number of aromatic nitrogens is 1. The number of carbonyl (C=O) groups is 1. The van der Waals surface area contributed by atoms with Crippen molar-refractivity contribution in [3.63, 3.8) is 0 Å². The molecule has 1 aliphatic carbocycles. The van der Waals surface area contributed by atoms with Crippen molar-refractivity contribution in [3.05, 3.63) is 60.2 Å². The van der Waals surface area contributed by atoms with Crippen LogP contribution in [0.5, 0.6) is 0 Å². The number of hydrogen-bond acceptors (Lipinski definition) is 3. The summed E-state index contributed by atoms with van der Waals surface area (Å²) in [4.78, 5) is 16.8. The smallest absolute Gasteiger partial charge is 0.309 e. The number of allylic oxidation sites excluding steroid dienone is 1. The van der Waals surface area contributed by atoms with Gasteiger partial charge in [0, 0.05) is 17.7 Å². The molecular formula is C25H28FNO2. The molecule has 1 aliphatic heterocycles. The fourth-order valence-corrected chi connectivity index (χ4v) is 5.41. The summed E-state index contributed by atoms with van der Waals surface area (Å²) >= 11 is 0. The van der Waals surface area contributed by atoms with E-state index < -0.39 is 0 Å². The average molecular weight is 394 g/mol. The van der Waals surface area contributed by atoms with Gasteiger partial charge in [-0.1, -0.05) is 44.5 Å². The first-order chi connectivity index (χ1) is 14.0. The molecule has 2 aliphatic rings. The van der Waals surface area contributed by atoms with E-state index in [1.807, 2.05) is 25.1 Å². The van der Waals surface area contributed by atoms with Gasteiger partial charge in [-0.15, -0.1) is 0 Å². The highest BCUT2D eigenvalue weighted by atomic mass is 19.1. The highest BCUT2D eigenvalue weighted by Gasteiger charge is 2.52. The Kier molecular flexibility index (Phi) is 5.53. The van der Waals surface area contributed by atoms with Gasteiger partial charge >= 0.3 is 5.97 Å². The standard InChI is InChI=1S/C25H28FNO2/c1-4-21-15(2)12-23-24(16(3)29-25(23)28)22(21)11-10-20-9-8-18(14-27-20)17-6-5-7-19(26)13-17/h5-11,13-16,21-24H,4,12H2,1-3H3/b11-10+. The molecule has 0 amide bonds. The highest BCUT2D eigenvalue weighted by molar-refractivity contribution is 5.75. The highest BCUT2D eigenvalue weighted by Crippen LogP contribution is 2.50. The number of hydrogen-bond donors (Lipinski definition) is 0. The number of cyclic esters (lactones) is 1. The van der Waals surface area contributed by atoms with Crippen LogP contribution in [0.4, 0.5) is 4.39 Å². The fraction of sp³-hybridized carbons (Fsp3) is 0.440. The van der Waals surface area contributed by atoms with Crippen molar-refractivity contribution in [1.82, 2.24) is 4.98 Å². The first-order valence-corrected chi connectivity index (χ1v) is 10.6. The van der Waals surface area contributed by atoms with E-state index in [1.54, 1.807) is 12.3 Å². The lowest BCUT2D eigenvalue weighted by atomic mass is 9.61. The van der Waals surface area contributed by atoms with Crippen molar-refractivity contribution in [2.45, 2.75) is 39.7 Å². The van der Waals surface area contributed by atoms with Crippen LogP contribution >= 0.6 is 0 Å². The maximum atomic E-state index is 13.5. The van der Waals surface area contributed by atoms with E-state index in [0.29, 0.717) is 17.8 Å². The number of pyridine rings is 1. The normalized spacial score (nSPS) is 31.7. The van der Waals surface area contributed by atoms with Crippen LogP contribution in [-0.2, 0) is 9.53 Å². The van der Waals surface area contributed by atoms with Crippen LogP contribution in [0.1, 0.15) is 39.3 Å². The summed E-state index contributed by atoms with van der Waals surface area (Å²) in [6.07, 6.45) is 8.07. The average Bonchev–Trinajstić information content (AvgIpc) is 2.99. The molecule has 2 aromatic rings. The van der Waals surface area contributed by atoms with Crippen molar-refractivity contribution in [3.8, 4) is 11.1 Å². The Bertz CT molecular complexity index is 907. The second-order valence-corrected chi connectivity index (χ2v) is 8.53. The van der Waals surface area contributed by atoms with Gasteiger partial charge in [0.05, 0.1) is 11.6 Å². The number of ether oxygens (including phenoxy) is 1. The van der Waals surface area contributed by atoms with Crippen LogP contribution in [0.25, 0.3) is 17.2 Å². The number of carbonyl (C=O) groups excluding carboxylic acids is 1. The number of fused-ring (bicyclic) bond motifs is 1. The summed E-state index contributed by atoms with van der Waals surface area (Å²) in [6, 6.07) is 10.5. The predicted molar refractivity (Wildman–Crippen MR) is 112 cm³/mol. The molecule has 4 heteroatoms. The minimum Gasteiger partial charge on any atom is -0.462 e. The van der Waals surface area contributed by atoms with E-state index in [0.717, 1.165) is 29.7 Å². The Balaban J connectivity index is 1.57. The summed E-state index contributed by atoms with van der Waals surface area (Å²) in [7, 11) is 0. The maximum Gasteiger partial charge on any atom is 0.309 e. The topological polar surface area (TPSA) is 39.2 Å². The molecule has 0 N–H and O–H groups in total. The Morgan fingerprint density at radius 1 is 1.21 bits per heavy atom. The zero-order valence-electron chi connectivity index (χ0n) is 17.2. The molecule has 3 nitrogen and oxygen atoms in total. The van der Waals surface area contributed by atoms with E-state index in [2.05, 4.69) is 31.0 Å².